The van der Waals surface area contributed by atoms with Crippen LogP contribution in [0.25, 0.3) is 0 Å². The number of carboxylic acid groups (broad SMARTS) is 1. The predicted octanol–water partition coefficient (Wildman–Crippen LogP) is 2.94. The van der Waals surface area contributed by atoms with E-state index in [-0.39, 0.29) is 24.4 Å². The average molecular weight is 292 g/mol. The minimum absolute atomic E-state index is 0.0363. The van der Waals surface area contributed by atoms with Crippen LogP contribution in [0.4, 0.5) is 4.79 Å². The molecule has 0 aliphatic carbocycles. The molecule has 3 N–H and O–H groups in total. The molecule has 21 heavy (non-hydrogen) atoms. The molecule has 1 rings (SSSR count). The Labute approximate surface area is 125 Å². The van der Waals surface area contributed by atoms with Gasteiger partial charge >= 0.3 is 12.0 Å². The van der Waals surface area contributed by atoms with E-state index in [1.165, 1.54) is 0 Å². The molecule has 0 spiro atoms. The molecule has 1 aromatic carbocycles. The Balaban J connectivity index is 2.46. The van der Waals surface area contributed by atoms with E-state index >= 15 is 0 Å². The number of nitrogens with one attached hydrogen (secondary N) is 2. The molecule has 0 aromatic heterocycles. The van der Waals surface area contributed by atoms with Crippen LogP contribution in [0.5, 0.6) is 0 Å². The zero-order valence-corrected chi connectivity index (χ0v) is 12.6. The Bertz CT molecular complexity index is 448. The highest BCUT2D eigenvalue weighted by atomic mass is 16.4. The lowest BCUT2D eigenvalue weighted by atomic mass is 10.0. The van der Waals surface area contributed by atoms with Crippen LogP contribution in [0, 0.1) is 5.92 Å². The van der Waals surface area contributed by atoms with Gasteiger partial charge in [-0.1, -0.05) is 50.6 Å². The van der Waals surface area contributed by atoms with Crippen molar-refractivity contribution in [1.29, 1.82) is 0 Å². The van der Waals surface area contributed by atoms with Crippen molar-refractivity contribution in [2.45, 2.75) is 39.2 Å². The van der Waals surface area contributed by atoms with Crippen molar-refractivity contribution >= 4 is 12.0 Å². The van der Waals surface area contributed by atoms with E-state index in [4.69, 9.17) is 5.11 Å². The first-order valence-corrected chi connectivity index (χ1v) is 7.37. The average Bonchev–Trinajstić information content (AvgIpc) is 2.49. The summed E-state index contributed by atoms with van der Waals surface area (Å²) in [6.07, 6.45) is 1.60. The quantitative estimate of drug-likeness (QED) is 0.689. The van der Waals surface area contributed by atoms with Gasteiger partial charge in [-0.15, -0.1) is 0 Å². The Kier molecular flexibility index (Phi) is 7.29. The zero-order chi connectivity index (χ0) is 15.7. The van der Waals surface area contributed by atoms with Gasteiger partial charge in [0.2, 0.25) is 0 Å². The molecular formula is C16H24N2O3. The van der Waals surface area contributed by atoms with Gasteiger partial charge in [0.15, 0.2) is 0 Å². The van der Waals surface area contributed by atoms with Crippen molar-refractivity contribution in [3.63, 3.8) is 0 Å². The molecule has 2 unspecified atom stereocenters. The predicted molar refractivity (Wildman–Crippen MR) is 82.0 cm³/mol. The zero-order valence-electron chi connectivity index (χ0n) is 12.6. The Morgan fingerprint density at radius 2 is 1.81 bits per heavy atom. The molecule has 0 saturated heterocycles. The van der Waals surface area contributed by atoms with Gasteiger partial charge in [-0.25, -0.2) is 4.79 Å². The highest BCUT2D eigenvalue weighted by molar-refractivity contribution is 5.74. The third-order valence-electron chi connectivity index (χ3n) is 3.51. The summed E-state index contributed by atoms with van der Waals surface area (Å²) in [5.41, 5.74) is 1.06. The summed E-state index contributed by atoms with van der Waals surface area (Å²) in [4.78, 5) is 22.6. The summed E-state index contributed by atoms with van der Waals surface area (Å²) >= 11 is 0. The molecule has 116 valence electrons. The molecule has 0 saturated carbocycles. The maximum atomic E-state index is 11.9. The first-order valence-electron chi connectivity index (χ1n) is 7.37. The highest BCUT2D eigenvalue weighted by Crippen LogP contribution is 2.15. The molecule has 5 heteroatoms. The van der Waals surface area contributed by atoms with Crippen LogP contribution in [0.3, 0.4) is 0 Å². The molecule has 0 radical (unpaired) electrons. The monoisotopic (exact) mass is 292 g/mol. The lowest BCUT2D eigenvalue weighted by Gasteiger charge is -2.19. The number of carboxylic acids is 1. The Morgan fingerprint density at radius 1 is 1.14 bits per heavy atom. The van der Waals surface area contributed by atoms with Crippen molar-refractivity contribution in [2.24, 2.45) is 5.92 Å². The largest absolute Gasteiger partial charge is 0.481 e. The second kappa shape index (κ2) is 9.00. The molecule has 5 nitrogen and oxygen atoms in total. The normalized spacial score (nSPS) is 13.2. The maximum Gasteiger partial charge on any atom is 0.315 e. The molecule has 0 aliphatic heterocycles. The van der Waals surface area contributed by atoms with Crippen molar-refractivity contribution in [3.05, 3.63) is 35.9 Å². The minimum atomic E-state index is -0.834. The lowest BCUT2D eigenvalue weighted by molar-refractivity contribution is -0.138. The summed E-state index contributed by atoms with van der Waals surface area (Å²) < 4.78 is 0. The number of urea groups is 1. The van der Waals surface area contributed by atoms with Crippen LogP contribution >= 0.6 is 0 Å². The van der Waals surface area contributed by atoms with Crippen LogP contribution in [-0.2, 0) is 4.79 Å². The fourth-order valence-corrected chi connectivity index (χ4v) is 2.16. The summed E-state index contributed by atoms with van der Waals surface area (Å²) in [7, 11) is 0. The van der Waals surface area contributed by atoms with Crippen LogP contribution in [0.1, 0.15) is 44.7 Å². The van der Waals surface area contributed by atoms with Gasteiger partial charge in [0.05, 0.1) is 6.04 Å². The maximum absolute atomic E-state index is 11.9. The lowest BCUT2D eigenvalue weighted by Crippen LogP contribution is -2.40. The van der Waals surface area contributed by atoms with E-state index in [0.29, 0.717) is 6.54 Å². The smallest absolute Gasteiger partial charge is 0.315 e. The van der Waals surface area contributed by atoms with Crippen LogP contribution < -0.4 is 10.6 Å². The number of hydrogen-bond donors (Lipinski definition) is 3. The van der Waals surface area contributed by atoms with Gasteiger partial charge in [0.25, 0.3) is 0 Å². The standard InChI is InChI=1S/C16H24N2O3/c1-3-12(10-15(19)20)11-17-16(21)18-14(4-2)13-8-6-5-7-9-13/h5-9,12,14H,3-4,10-11H2,1-2H3,(H,19,20)(H2,17,18,21). The minimum Gasteiger partial charge on any atom is -0.481 e. The van der Waals surface area contributed by atoms with E-state index in [1.54, 1.807) is 0 Å². The van der Waals surface area contributed by atoms with Gasteiger partial charge in [0, 0.05) is 13.0 Å². The molecule has 0 heterocycles. The molecule has 0 fully saturated rings. The van der Waals surface area contributed by atoms with Gasteiger partial charge in [-0.2, -0.15) is 0 Å². The van der Waals surface area contributed by atoms with E-state index < -0.39 is 5.97 Å². The number of carbonyl (C=O) groups is 2. The number of rotatable bonds is 8. The molecule has 2 atom stereocenters. The number of aliphatic carboxylic acids is 1. The summed E-state index contributed by atoms with van der Waals surface area (Å²) in [5.74, 6) is -0.871. The number of benzene rings is 1. The summed E-state index contributed by atoms with van der Waals surface area (Å²) in [6.45, 7) is 4.31. The second-order valence-corrected chi connectivity index (χ2v) is 5.10. The summed E-state index contributed by atoms with van der Waals surface area (Å²) in [5, 5.41) is 14.5. The molecular weight excluding hydrogens is 268 g/mol. The van der Waals surface area contributed by atoms with Crippen molar-refractivity contribution in [3.8, 4) is 0 Å². The molecule has 0 bridgehead atoms. The van der Waals surface area contributed by atoms with Gasteiger partial charge in [-0.05, 0) is 17.9 Å². The first kappa shape index (κ1) is 17.0. The van der Waals surface area contributed by atoms with E-state index in [9.17, 15) is 9.59 Å². The third-order valence-corrected chi connectivity index (χ3v) is 3.51. The fraction of sp³-hybridized carbons (Fsp3) is 0.500. The third kappa shape index (κ3) is 6.29. The topological polar surface area (TPSA) is 78.4 Å². The number of hydrogen-bond acceptors (Lipinski definition) is 2. The van der Waals surface area contributed by atoms with Crippen LogP contribution in [-0.4, -0.2) is 23.7 Å². The van der Waals surface area contributed by atoms with Crippen molar-refractivity contribution in [1.82, 2.24) is 10.6 Å². The number of amides is 2. The van der Waals surface area contributed by atoms with E-state index in [1.807, 2.05) is 44.2 Å². The van der Waals surface area contributed by atoms with Gasteiger partial charge in [0.1, 0.15) is 0 Å². The highest BCUT2D eigenvalue weighted by Gasteiger charge is 2.15. The first-order chi connectivity index (χ1) is 10.1. The second-order valence-electron chi connectivity index (χ2n) is 5.10. The van der Waals surface area contributed by atoms with Crippen LogP contribution in [0.2, 0.25) is 0 Å². The van der Waals surface area contributed by atoms with Gasteiger partial charge in [-0.3, -0.25) is 4.79 Å². The van der Waals surface area contributed by atoms with E-state index in [2.05, 4.69) is 10.6 Å². The molecule has 2 amide bonds. The number of carbonyl (C=O) groups excluding carboxylic acids is 1. The Hall–Kier alpha value is -2.04. The van der Waals surface area contributed by atoms with Crippen molar-refractivity contribution in [2.75, 3.05) is 6.54 Å². The molecule has 1 aromatic rings. The van der Waals surface area contributed by atoms with Gasteiger partial charge < -0.3 is 15.7 Å². The Morgan fingerprint density at radius 3 is 2.33 bits per heavy atom. The van der Waals surface area contributed by atoms with E-state index in [0.717, 1.165) is 18.4 Å². The SMILES string of the molecule is CCC(CNC(=O)NC(CC)c1ccccc1)CC(=O)O. The van der Waals surface area contributed by atoms with Crippen LogP contribution in [0.15, 0.2) is 30.3 Å². The molecule has 0 aliphatic rings. The van der Waals surface area contributed by atoms with Crippen molar-refractivity contribution < 1.29 is 14.7 Å². The summed E-state index contributed by atoms with van der Waals surface area (Å²) in [6, 6.07) is 9.49. The fourth-order valence-electron chi connectivity index (χ4n) is 2.16.